The second-order valence-electron chi connectivity index (χ2n) is 5.81. The van der Waals surface area contributed by atoms with Crippen molar-refractivity contribution in [2.75, 3.05) is 16.3 Å². The van der Waals surface area contributed by atoms with Crippen LogP contribution in [0.25, 0.3) is 0 Å². The van der Waals surface area contributed by atoms with Crippen molar-refractivity contribution in [3.8, 4) is 0 Å². The van der Waals surface area contributed by atoms with Gasteiger partial charge in [0.05, 0.1) is 17.5 Å². The number of benzene rings is 2. The van der Waals surface area contributed by atoms with E-state index >= 15 is 0 Å². The predicted molar refractivity (Wildman–Crippen MR) is 104 cm³/mol. The molecule has 0 saturated carbocycles. The fourth-order valence-corrected chi connectivity index (χ4v) is 3.85. The van der Waals surface area contributed by atoms with Crippen LogP contribution in [0.15, 0.2) is 54.7 Å². The summed E-state index contributed by atoms with van der Waals surface area (Å²) in [6, 6.07) is 12.6. The number of para-hydroxylation sites is 1. The number of carbonyl (C=O) groups is 1. The molecule has 0 aliphatic heterocycles. The minimum absolute atomic E-state index is 0.185. The predicted octanol–water partition coefficient (Wildman–Crippen LogP) is 3.50. The van der Waals surface area contributed by atoms with Crippen LogP contribution in [0.3, 0.4) is 0 Å². The number of anilines is 2. The van der Waals surface area contributed by atoms with Crippen LogP contribution in [0.5, 0.6) is 0 Å². The Morgan fingerprint density at radius 2 is 1.96 bits per heavy atom. The first-order chi connectivity index (χ1) is 12.8. The molecule has 0 aliphatic rings. The maximum Gasteiger partial charge on any atom is 0.259 e. The topological polar surface area (TPSA) is 88.2 Å². The molecule has 0 saturated heterocycles. The van der Waals surface area contributed by atoms with E-state index in [4.69, 9.17) is 0 Å². The summed E-state index contributed by atoms with van der Waals surface area (Å²) in [6.45, 7) is 0. The minimum Gasteiger partial charge on any atom is -0.298 e. The Bertz CT molecular complexity index is 1080. The normalized spacial score (nSPS) is 11.2. The number of nitrogens with zero attached hydrogens (tertiary/aromatic N) is 1. The standard InChI is InChI=1S/C18H16FN3O3S2/c1-27(24,25)22-16-8-3-2-7-15(16)17(23)21-18-20-11-14(26-18)10-12-5-4-6-13(19)9-12/h2-9,11,22H,10H2,1H3,(H,20,21,23). The van der Waals surface area contributed by atoms with E-state index in [9.17, 15) is 17.6 Å². The number of aromatic nitrogens is 1. The third kappa shape index (κ3) is 5.35. The lowest BCUT2D eigenvalue weighted by Crippen LogP contribution is -2.17. The van der Waals surface area contributed by atoms with E-state index in [2.05, 4.69) is 15.0 Å². The van der Waals surface area contributed by atoms with Gasteiger partial charge in [-0.15, -0.1) is 11.3 Å². The van der Waals surface area contributed by atoms with E-state index in [-0.39, 0.29) is 17.1 Å². The molecule has 140 valence electrons. The lowest BCUT2D eigenvalue weighted by molar-refractivity contribution is 0.102. The van der Waals surface area contributed by atoms with Crippen molar-refractivity contribution in [1.29, 1.82) is 0 Å². The van der Waals surface area contributed by atoms with Gasteiger partial charge in [-0.2, -0.15) is 0 Å². The highest BCUT2D eigenvalue weighted by atomic mass is 32.2. The Labute approximate surface area is 160 Å². The first-order valence-corrected chi connectivity index (χ1v) is 10.6. The number of sulfonamides is 1. The fourth-order valence-electron chi connectivity index (χ4n) is 2.43. The average molecular weight is 405 g/mol. The van der Waals surface area contributed by atoms with Crippen molar-refractivity contribution >= 4 is 38.1 Å². The summed E-state index contributed by atoms with van der Waals surface area (Å²) in [7, 11) is -3.51. The van der Waals surface area contributed by atoms with Crippen LogP contribution in [0.4, 0.5) is 15.2 Å². The molecule has 27 heavy (non-hydrogen) atoms. The smallest absolute Gasteiger partial charge is 0.259 e. The van der Waals surface area contributed by atoms with Gasteiger partial charge < -0.3 is 0 Å². The zero-order valence-electron chi connectivity index (χ0n) is 14.3. The van der Waals surface area contributed by atoms with E-state index in [1.54, 1.807) is 24.4 Å². The molecule has 0 radical (unpaired) electrons. The van der Waals surface area contributed by atoms with Crippen molar-refractivity contribution in [1.82, 2.24) is 4.98 Å². The Morgan fingerprint density at radius 3 is 2.70 bits per heavy atom. The molecule has 6 nitrogen and oxygen atoms in total. The molecule has 0 unspecified atom stereocenters. The molecule has 0 atom stereocenters. The van der Waals surface area contributed by atoms with E-state index < -0.39 is 15.9 Å². The van der Waals surface area contributed by atoms with E-state index in [1.165, 1.54) is 35.6 Å². The molecule has 1 aromatic heterocycles. The molecular weight excluding hydrogens is 389 g/mol. The van der Waals surface area contributed by atoms with E-state index in [1.807, 2.05) is 6.07 Å². The van der Waals surface area contributed by atoms with Crippen LogP contribution < -0.4 is 10.0 Å². The molecule has 3 rings (SSSR count). The van der Waals surface area contributed by atoms with Gasteiger partial charge in [-0.05, 0) is 29.8 Å². The molecular formula is C18H16FN3O3S2. The summed E-state index contributed by atoms with van der Waals surface area (Å²) in [6.07, 6.45) is 3.13. The summed E-state index contributed by atoms with van der Waals surface area (Å²) < 4.78 is 38.5. The Balaban J connectivity index is 1.73. The summed E-state index contributed by atoms with van der Waals surface area (Å²) in [5.74, 6) is -0.783. The van der Waals surface area contributed by atoms with E-state index in [0.717, 1.165) is 16.7 Å². The number of nitrogens with one attached hydrogen (secondary N) is 2. The van der Waals surface area contributed by atoms with Crippen molar-refractivity contribution in [2.45, 2.75) is 6.42 Å². The number of hydrogen-bond donors (Lipinski definition) is 2. The molecule has 0 aliphatic carbocycles. The van der Waals surface area contributed by atoms with Crippen LogP contribution >= 0.6 is 11.3 Å². The lowest BCUT2D eigenvalue weighted by Gasteiger charge is -2.09. The number of halogens is 1. The summed E-state index contributed by atoms with van der Waals surface area (Å²) in [5, 5.41) is 3.04. The molecule has 0 fully saturated rings. The quantitative estimate of drug-likeness (QED) is 0.657. The Morgan fingerprint density at radius 1 is 1.19 bits per heavy atom. The third-order valence-electron chi connectivity index (χ3n) is 3.51. The summed E-state index contributed by atoms with van der Waals surface area (Å²) in [4.78, 5) is 17.5. The zero-order chi connectivity index (χ0) is 19.4. The van der Waals surface area contributed by atoms with Gasteiger partial charge >= 0.3 is 0 Å². The SMILES string of the molecule is CS(=O)(=O)Nc1ccccc1C(=O)Nc1ncc(Cc2cccc(F)c2)s1. The highest BCUT2D eigenvalue weighted by molar-refractivity contribution is 7.92. The third-order valence-corrected chi connectivity index (χ3v) is 5.01. The van der Waals surface area contributed by atoms with Crippen molar-refractivity contribution in [3.63, 3.8) is 0 Å². The summed E-state index contributed by atoms with van der Waals surface area (Å²) in [5.41, 5.74) is 1.18. The van der Waals surface area contributed by atoms with Crippen molar-refractivity contribution in [3.05, 3.63) is 76.5 Å². The van der Waals surface area contributed by atoms with Crippen molar-refractivity contribution < 1.29 is 17.6 Å². The molecule has 1 heterocycles. The van der Waals surface area contributed by atoms with Crippen LogP contribution in [0, 0.1) is 5.82 Å². The van der Waals surface area contributed by atoms with Gasteiger partial charge in [0.25, 0.3) is 5.91 Å². The average Bonchev–Trinajstić information content (AvgIpc) is 3.00. The lowest BCUT2D eigenvalue weighted by atomic mass is 10.1. The fraction of sp³-hybridized carbons (Fsp3) is 0.111. The number of amides is 1. The Kier molecular flexibility index (Phi) is 5.52. The minimum atomic E-state index is -3.51. The molecule has 0 bridgehead atoms. The maximum atomic E-state index is 13.3. The van der Waals surface area contributed by atoms with Gasteiger partial charge in [0, 0.05) is 17.5 Å². The monoisotopic (exact) mass is 405 g/mol. The van der Waals surface area contributed by atoms with Gasteiger partial charge in [0.2, 0.25) is 10.0 Å². The second-order valence-corrected chi connectivity index (χ2v) is 8.68. The molecule has 1 amide bonds. The Hall–Kier alpha value is -2.78. The zero-order valence-corrected chi connectivity index (χ0v) is 15.9. The summed E-state index contributed by atoms with van der Waals surface area (Å²) >= 11 is 1.27. The molecule has 9 heteroatoms. The first-order valence-electron chi connectivity index (χ1n) is 7.87. The molecule has 2 aromatic carbocycles. The van der Waals surface area contributed by atoms with Crippen LogP contribution in [-0.2, 0) is 16.4 Å². The van der Waals surface area contributed by atoms with Crippen LogP contribution in [0.1, 0.15) is 20.8 Å². The van der Waals surface area contributed by atoms with Gasteiger partial charge in [-0.1, -0.05) is 24.3 Å². The van der Waals surface area contributed by atoms with Gasteiger partial charge in [-0.25, -0.2) is 17.8 Å². The van der Waals surface area contributed by atoms with Gasteiger partial charge in [0.1, 0.15) is 5.82 Å². The largest absolute Gasteiger partial charge is 0.298 e. The van der Waals surface area contributed by atoms with Crippen molar-refractivity contribution in [2.24, 2.45) is 0 Å². The number of rotatable bonds is 6. The first kappa shape index (κ1) is 19.0. The molecule has 3 aromatic rings. The number of carbonyl (C=O) groups excluding carboxylic acids is 1. The highest BCUT2D eigenvalue weighted by Gasteiger charge is 2.15. The number of hydrogen-bond acceptors (Lipinski definition) is 5. The highest BCUT2D eigenvalue weighted by Crippen LogP contribution is 2.23. The maximum absolute atomic E-state index is 13.3. The number of thiazole rings is 1. The van der Waals surface area contributed by atoms with Crippen LogP contribution in [-0.4, -0.2) is 25.6 Å². The van der Waals surface area contributed by atoms with Gasteiger partial charge in [-0.3, -0.25) is 14.8 Å². The second kappa shape index (κ2) is 7.85. The molecule has 0 spiro atoms. The van der Waals surface area contributed by atoms with Gasteiger partial charge in [0.15, 0.2) is 5.13 Å². The van der Waals surface area contributed by atoms with Crippen LogP contribution in [0.2, 0.25) is 0 Å². The van der Waals surface area contributed by atoms with E-state index in [0.29, 0.717) is 11.6 Å². The molecule has 2 N–H and O–H groups in total.